The third kappa shape index (κ3) is 59.1. The van der Waals surface area contributed by atoms with E-state index in [1.807, 2.05) is 0 Å². The van der Waals surface area contributed by atoms with Crippen molar-refractivity contribution in [2.45, 2.75) is 297 Å². The van der Waals surface area contributed by atoms with Gasteiger partial charge in [0.15, 0.2) is 6.10 Å². The number of rotatable bonds is 55. The van der Waals surface area contributed by atoms with Crippen molar-refractivity contribution in [2.24, 2.45) is 0 Å². The number of hydrogen-bond donors (Lipinski definition) is 0. The average Bonchev–Trinajstić information content (AvgIpc) is 3.39. The lowest BCUT2D eigenvalue weighted by atomic mass is 10.0. The van der Waals surface area contributed by atoms with E-state index in [9.17, 15) is 14.4 Å². The Labute approximate surface area is 451 Å². The second-order valence-corrected chi connectivity index (χ2v) is 20.2. The van der Waals surface area contributed by atoms with Gasteiger partial charge >= 0.3 is 17.9 Å². The van der Waals surface area contributed by atoms with E-state index in [0.29, 0.717) is 19.3 Å². The minimum Gasteiger partial charge on any atom is -0.462 e. The van der Waals surface area contributed by atoms with E-state index in [2.05, 4.69) is 118 Å². The van der Waals surface area contributed by atoms with E-state index in [1.165, 1.54) is 161 Å². The molecule has 0 aromatic heterocycles. The van der Waals surface area contributed by atoms with Crippen LogP contribution in [0.3, 0.4) is 0 Å². The third-order valence-corrected chi connectivity index (χ3v) is 13.1. The van der Waals surface area contributed by atoms with E-state index in [1.54, 1.807) is 0 Å². The lowest BCUT2D eigenvalue weighted by Gasteiger charge is -2.18. The van der Waals surface area contributed by atoms with Gasteiger partial charge in [-0.05, 0) is 89.9 Å². The summed E-state index contributed by atoms with van der Waals surface area (Å²) in [7, 11) is 0. The third-order valence-electron chi connectivity index (χ3n) is 13.1. The van der Waals surface area contributed by atoms with Crippen molar-refractivity contribution >= 4 is 17.9 Å². The van der Waals surface area contributed by atoms with Crippen molar-refractivity contribution < 1.29 is 28.6 Å². The molecule has 0 saturated carbocycles. The zero-order valence-corrected chi connectivity index (χ0v) is 47.9. The van der Waals surface area contributed by atoms with Crippen LogP contribution in [0.1, 0.15) is 290 Å². The van der Waals surface area contributed by atoms with Gasteiger partial charge in [0.25, 0.3) is 0 Å². The summed E-state index contributed by atoms with van der Waals surface area (Å²) in [6.45, 7) is 6.46. The molecule has 6 heteroatoms. The summed E-state index contributed by atoms with van der Waals surface area (Å²) in [6.07, 6.45) is 81.4. The van der Waals surface area contributed by atoms with Crippen LogP contribution in [0.5, 0.6) is 0 Å². The second-order valence-electron chi connectivity index (χ2n) is 20.2. The smallest absolute Gasteiger partial charge is 0.306 e. The average molecular weight is 1020 g/mol. The normalized spacial score (nSPS) is 12.8. The van der Waals surface area contributed by atoms with E-state index in [-0.39, 0.29) is 44.0 Å². The van der Waals surface area contributed by atoms with Gasteiger partial charge in [-0.2, -0.15) is 0 Å². The van der Waals surface area contributed by atoms with Gasteiger partial charge in [-0.3, -0.25) is 14.4 Å². The molecular weight excluding hydrogens is 901 g/mol. The molecule has 1 atom stereocenters. The Balaban J connectivity index is 4.48. The Bertz CT molecular complexity index is 1440. The molecule has 0 saturated heterocycles. The van der Waals surface area contributed by atoms with Gasteiger partial charge in [-0.1, -0.05) is 279 Å². The zero-order chi connectivity index (χ0) is 52.9. The maximum Gasteiger partial charge on any atom is 0.306 e. The van der Waals surface area contributed by atoms with Crippen molar-refractivity contribution in [1.82, 2.24) is 0 Å². The quantitative estimate of drug-likeness (QED) is 0.0261. The summed E-state index contributed by atoms with van der Waals surface area (Å²) in [5.74, 6) is -1.02. The van der Waals surface area contributed by atoms with Gasteiger partial charge in [-0.25, -0.2) is 0 Å². The fraction of sp³-hybridized carbons (Fsp3) is 0.716. The summed E-state index contributed by atoms with van der Waals surface area (Å²) < 4.78 is 16.8. The van der Waals surface area contributed by atoms with Crippen LogP contribution < -0.4 is 0 Å². The van der Waals surface area contributed by atoms with Crippen LogP contribution in [-0.2, 0) is 28.6 Å². The second kappa shape index (κ2) is 60.9. The minimum absolute atomic E-state index is 0.113. The maximum atomic E-state index is 12.9. The Hall–Kier alpha value is -3.67. The van der Waals surface area contributed by atoms with Gasteiger partial charge in [0.05, 0.1) is 0 Å². The molecule has 0 amide bonds. The van der Waals surface area contributed by atoms with E-state index < -0.39 is 6.10 Å². The molecular formula is C67H114O6. The number of unbranched alkanes of at least 4 members (excludes halogenated alkanes) is 28. The van der Waals surface area contributed by atoms with E-state index in [0.717, 1.165) is 77.0 Å². The fourth-order valence-electron chi connectivity index (χ4n) is 8.50. The molecule has 0 aliphatic carbocycles. The van der Waals surface area contributed by atoms with Crippen molar-refractivity contribution in [3.63, 3.8) is 0 Å². The molecule has 0 rings (SSSR count). The van der Waals surface area contributed by atoms with Gasteiger partial charge in [0, 0.05) is 19.3 Å². The number of hydrogen-bond acceptors (Lipinski definition) is 6. The SMILES string of the molecule is CC/C=C\C/C=C\C/C=C\C/C=C\C/C=C\CCCC(=O)OC[C@H](COC(=O)CCCCCCCCCCCCCCCCCCCCCCC)OC(=O)CCC/C=C\C/C=C\C/C=C\CCCCCCCC. The van der Waals surface area contributed by atoms with Crippen molar-refractivity contribution in [2.75, 3.05) is 13.2 Å². The van der Waals surface area contributed by atoms with Crippen molar-refractivity contribution in [3.05, 3.63) is 97.2 Å². The molecule has 0 aromatic carbocycles. The highest BCUT2D eigenvalue weighted by Gasteiger charge is 2.19. The molecule has 0 fully saturated rings. The highest BCUT2D eigenvalue weighted by atomic mass is 16.6. The van der Waals surface area contributed by atoms with Crippen LogP contribution >= 0.6 is 0 Å². The molecule has 73 heavy (non-hydrogen) atoms. The summed E-state index contributed by atoms with van der Waals surface area (Å²) in [5.41, 5.74) is 0. The van der Waals surface area contributed by atoms with Gasteiger partial charge in [0.1, 0.15) is 13.2 Å². The fourth-order valence-corrected chi connectivity index (χ4v) is 8.50. The van der Waals surface area contributed by atoms with Crippen molar-refractivity contribution in [1.29, 1.82) is 0 Å². The number of esters is 3. The zero-order valence-electron chi connectivity index (χ0n) is 47.9. The van der Waals surface area contributed by atoms with Gasteiger partial charge in [-0.15, -0.1) is 0 Å². The van der Waals surface area contributed by atoms with E-state index in [4.69, 9.17) is 14.2 Å². The van der Waals surface area contributed by atoms with E-state index >= 15 is 0 Å². The Kier molecular flexibility index (Phi) is 57.8. The summed E-state index contributed by atoms with van der Waals surface area (Å²) in [5, 5.41) is 0. The Morgan fingerprint density at radius 1 is 0.288 bits per heavy atom. The molecule has 0 heterocycles. The lowest BCUT2D eigenvalue weighted by molar-refractivity contribution is -0.167. The first-order valence-corrected chi connectivity index (χ1v) is 30.7. The number of allylic oxidation sites excluding steroid dienone is 16. The van der Waals surface area contributed by atoms with Gasteiger partial charge in [0.2, 0.25) is 0 Å². The number of carbonyl (C=O) groups excluding carboxylic acids is 3. The predicted octanol–water partition coefficient (Wildman–Crippen LogP) is 20.9. The molecule has 0 unspecified atom stereocenters. The molecule has 0 aromatic rings. The molecule has 0 N–H and O–H groups in total. The Morgan fingerprint density at radius 3 is 0.890 bits per heavy atom. The first kappa shape index (κ1) is 69.3. The van der Waals surface area contributed by atoms with Crippen LogP contribution in [0.2, 0.25) is 0 Å². The van der Waals surface area contributed by atoms with Crippen LogP contribution in [0.4, 0.5) is 0 Å². The van der Waals surface area contributed by atoms with Crippen LogP contribution in [0.15, 0.2) is 97.2 Å². The van der Waals surface area contributed by atoms with Crippen LogP contribution in [-0.4, -0.2) is 37.2 Å². The molecule has 0 spiro atoms. The predicted molar refractivity (Wildman–Crippen MR) is 316 cm³/mol. The summed E-state index contributed by atoms with van der Waals surface area (Å²) in [6, 6.07) is 0. The monoisotopic (exact) mass is 1010 g/mol. The molecule has 0 aliphatic heterocycles. The van der Waals surface area contributed by atoms with Crippen molar-refractivity contribution in [3.8, 4) is 0 Å². The molecule has 6 nitrogen and oxygen atoms in total. The molecule has 0 radical (unpaired) electrons. The highest BCUT2D eigenvalue weighted by Crippen LogP contribution is 2.16. The Morgan fingerprint density at radius 2 is 0.548 bits per heavy atom. The molecule has 0 aliphatic rings. The first-order chi connectivity index (χ1) is 36.0. The lowest BCUT2D eigenvalue weighted by Crippen LogP contribution is -2.30. The largest absolute Gasteiger partial charge is 0.462 e. The minimum atomic E-state index is -0.827. The molecule has 418 valence electrons. The van der Waals surface area contributed by atoms with Crippen LogP contribution in [0.25, 0.3) is 0 Å². The highest BCUT2D eigenvalue weighted by molar-refractivity contribution is 5.71. The topological polar surface area (TPSA) is 78.9 Å². The number of carbonyl (C=O) groups is 3. The standard InChI is InChI=1S/C67H114O6/c1-4-7-10-13-16-19-22-25-28-31-32-33-34-37-39-42-45-48-51-54-57-60-66(69)72-63-64(73-67(70)61-58-55-52-49-46-43-40-36-30-27-24-21-18-15-12-9-6-3)62-71-65(68)59-56-53-50-47-44-41-38-35-29-26-23-20-17-14-11-8-5-2/h8,11,17,20,26-27,29-30,38,40-41,43,47,49-50,52,64H,4-7,9-10,12-16,18-19,21-25,28,31-37,39,42,44-46,48,51,53-63H2,1-3H3/b11-8-,20-17-,29-26-,30-27-,41-38-,43-40-,50-47-,52-49-/t64-/m1/s1. The summed E-state index contributed by atoms with van der Waals surface area (Å²) >= 11 is 0. The first-order valence-electron chi connectivity index (χ1n) is 30.7. The van der Waals surface area contributed by atoms with Gasteiger partial charge < -0.3 is 14.2 Å². The molecule has 0 bridgehead atoms. The maximum absolute atomic E-state index is 12.9. The van der Waals surface area contributed by atoms with Crippen LogP contribution in [0, 0.1) is 0 Å². The summed E-state index contributed by atoms with van der Waals surface area (Å²) in [4.78, 5) is 38.2. The number of ether oxygens (including phenoxy) is 3.